The second-order valence-corrected chi connectivity index (χ2v) is 5.39. The highest BCUT2D eigenvalue weighted by Crippen LogP contribution is 2.16. The van der Waals surface area contributed by atoms with Crippen LogP contribution < -0.4 is 5.73 Å². The lowest BCUT2D eigenvalue weighted by Crippen LogP contribution is -2.39. The first kappa shape index (κ1) is 14.5. The summed E-state index contributed by atoms with van der Waals surface area (Å²) >= 11 is 0. The van der Waals surface area contributed by atoms with Gasteiger partial charge in [0.15, 0.2) is 0 Å². The van der Waals surface area contributed by atoms with Crippen LogP contribution in [0.4, 0.5) is 0 Å². The Labute approximate surface area is 116 Å². The van der Waals surface area contributed by atoms with Gasteiger partial charge in [0.05, 0.1) is 6.10 Å². The Kier molecular flexibility index (Phi) is 5.83. The quantitative estimate of drug-likeness (QED) is 0.856. The minimum atomic E-state index is 0.428. The van der Waals surface area contributed by atoms with Crippen molar-refractivity contribution in [2.24, 2.45) is 5.73 Å². The predicted octanol–water partition coefficient (Wildman–Crippen LogP) is 2.54. The van der Waals surface area contributed by atoms with E-state index in [1.54, 1.807) is 0 Å². The molecule has 2 rings (SSSR count). The van der Waals surface area contributed by atoms with Crippen molar-refractivity contribution in [1.29, 1.82) is 0 Å². The van der Waals surface area contributed by atoms with Gasteiger partial charge in [0.1, 0.15) is 0 Å². The van der Waals surface area contributed by atoms with Gasteiger partial charge in [-0.15, -0.1) is 0 Å². The summed E-state index contributed by atoms with van der Waals surface area (Å²) in [5.74, 6) is 0. The Morgan fingerprint density at radius 2 is 2.00 bits per heavy atom. The summed E-state index contributed by atoms with van der Waals surface area (Å²) in [5.41, 5.74) is 8.19. The molecule has 1 saturated heterocycles. The van der Waals surface area contributed by atoms with E-state index in [2.05, 4.69) is 36.1 Å². The van der Waals surface area contributed by atoms with Crippen LogP contribution in [0.25, 0.3) is 0 Å². The molecule has 1 fully saturated rings. The predicted molar refractivity (Wildman–Crippen MR) is 78.9 cm³/mol. The number of nitrogens with zero attached hydrogens (tertiary/aromatic N) is 1. The smallest absolute Gasteiger partial charge is 0.0702 e. The van der Waals surface area contributed by atoms with Crippen LogP contribution in [0.2, 0.25) is 0 Å². The molecule has 0 spiro atoms. The third kappa shape index (κ3) is 4.60. The molecule has 1 aliphatic heterocycles. The zero-order chi connectivity index (χ0) is 13.5. The van der Waals surface area contributed by atoms with E-state index in [4.69, 9.17) is 10.5 Å². The molecule has 1 atom stereocenters. The van der Waals surface area contributed by atoms with Crippen LogP contribution in [0.15, 0.2) is 24.3 Å². The van der Waals surface area contributed by atoms with Gasteiger partial charge >= 0.3 is 0 Å². The molecule has 1 aromatic rings. The first-order chi connectivity index (χ1) is 9.31. The molecular formula is C16H26N2O. The van der Waals surface area contributed by atoms with Gasteiger partial charge in [-0.05, 0) is 36.9 Å². The van der Waals surface area contributed by atoms with Gasteiger partial charge in [0.25, 0.3) is 0 Å². The van der Waals surface area contributed by atoms with Crippen molar-refractivity contribution in [3.8, 4) is 0 Å². The van der Waals surface area contributed by atoms with Crippen LogP contribution >= 0.6 is 0 Å². The standard InChI is InChI=1S/C16H26N2O/c1-2-10-19-16-4-3-9-18(13-16)12-15-7-5-14(11-17)6-8-15/h5-8,16H,2-4,9-13,17H2,1H3. The maximum absolute atomic E-state index is 5.88. The van der Waals surface area contributed by atoms with Crippen LogP contribution in [0.3, 0.4) is 0 Å². The molecule has 0 aromatic heterocycles. The molecule has 106 valence electrons. The molecule has 3 heteroatoms. The molecular weight excluding hydrogens is 236 g/mol. The summed E-state index contributed by atoms with van der Waals surface area (Å²) in [4.78, 5) is 2.50. The van der Waals surface area contributed by atoms with Crippen molar-refractivity contribution in [3.05, 3.63) is 35.4 Å². The Balaban J connectivity index is 1.83. The molecule has 1 aliphatic rings. The molecule has 19 heavy (non-hydrogen) atoms. The summed E-state index contributed by atoms with van der Waals surface area (Å²) in [7, 11) is 0. The van der Waals surface area contributed by atoms with Crippen molar-refractivity contribution in [2.75, 3.05) is 19.7 Å². The molecule has 1 unspecified atom stereocenters. The van der Waals surface area contributed by atoms with Crippen LogP contribution in [0.1, 0.15) is 37.3 Å². The minimum Gasteiger partial charge on any atom is -0.377 e. The molecule has 1 aromatic carbocycles. The normalized spacial score (nSPS) is 20.6. The van der Waals surface area contributed by atoms with E-state index in [-0.39, 0.29) is 0 Å². The topological polar surface area (TPSA) is 38.5 Å². The number of rotatable bonds is 6. The van der Waals surface area contributed by atoms with E-state index in [9.17, 15) is 0 Å². The number of piperidine rings is 1. The number of hydrogen-bond donors (Lipinski definition) is 1. The van der Waals surface area contributed by atoms with E-state index in [1.165, 1.54) is 30.5 Å². The van der Waals surface area contributed by atoms with Gasteiger partial charge in [-0.1, -0.05) is 31.2 Å². The summed E-state index contributed by atoms with van der Waals surface area (Å²) in [6.07, 6.45) is 3.99. The molecule has 0 saturated carbocycles. The molecule has 2 N–H and O–H groups in total. The lowest BCUT2D eigenvalue weighted by molar-refractivity contribution is -0.00222. The first-order valence-corrected chi connectivity index (χ1v) is 7.43. The van der Waals surface area contributed by atoms with Crippen molar-refractivity contribution >= 4 is 0 Å². The summed E-state index contributed by atoms with van der Waals surface area (Å²) in [6, 6.07) is 8.64. The van der Waals surface area contributed by atoms with Gasteiger partial charge in [0, 0.05) is 26.2 Å². The molecule has 0 amide bonds. The third-order valence-electron chi connectivity index (χ3n) is 3.68. The average Bonchev–Trinajstić information content (AvgIpc) is 2.46. The maximum Gasteiger partial charge on any atom is 0.0702 e. The fourth-order valence-electron chi connectivity index (χ4n) is 2.62. The zero-order valence-electron chi connectivity index (χ0n) is 12.0. The molecule has 0 radical (unpaired) electrons. The summed E-state index contributed by atoms with van der Waals surface area (Å²) in [5, 5.41) is 0. The van der Waals surface area contributed by atoms with Gasteiger partial charge < -0.3 is 10.5 Å². The Bertz CT molecular complexity index is 364. The number of hydrogen-bond acceptors (Lipinski definition) is 3. The molecule has 1 heterocycles. The van der Waals surface area contributed by atoms with E-state index in [0.717, 1.165) is 26.1 Å². The van der Waals surface area contributed by atoms with Gasteiger partial charge in [0.2, 0.25) is 0 Å². The number of benzene rings is 1. The number of likely N-dealkylation sites (tertiary alicyclic amines) is 1. The second kappa shape index (κ2) is 7.63. The monoisotopic (exact) mass is 262 g/mol. The Hall–Kier alpha value is -0.900. The van der Waals surface area contributed by atoms with Crippen LogP contribution in [-0.4, -0.2) is 30.7 Å². The fourth-order valence-corrected chi connectivity index (χ4v) is 2.62. The second-order valence-electron chi connectivity index (χ2n) is 5.39. The highest BCUT2D eigenvalue weighted by atomic mass is 16.5. The van der Waals surface area contributed by atoms with Crippen molar-refractivity contribution in [2.45, 2.75) is 45.4 Å². The van der Waals surface area contributed by atoms with Crippen LogP contribution in [0, 0.1) is 0 Å². The fraction of sp³-hybridized carbons (Fsp3) is 0.625. The minimum absolute atomic E-state index is 0.428. The Morgan fingerprint density at radius 3 is 2.68 bits per heavy atom. The van der Waals surface area contributed by atoms with Crippen LogP contribution in [0.5, 0.6) is 0 Å². The average molecular weight is 262 g/mol. The highest BCUT2D eigenvalue weighted by Gasteiger charge is 2.19. The first-order valence-electron chi connectivity index (χ1n) is 7.43. The molecule has 3 nitrogen and oxygen atoms in total. The van der Waals surface area contributed by atoms with Gasteiger partial charge in [-0.2, -0.15) is 0 Å². The third-order valence-corrected chi connectivity index (χ3v) is 3.68. The van der Waals surface area contributed by atoms with E-state index < -0.39 is 0 Å². The maximum atomic E-state index is 5.88. The number of ether oxygens (including phenoxy) is 1. The number of nitrogens with two attached hydrogens (primary N) is 1. The van der Waals surface area contributed by atoms with E-state index >= 15 is 0 Å². The SMILES string of the molecule is CCCOC1CCCN(Cc2ccc(CN)cc2)C1. The van der Waals surface area contributed by atoms with Crippen molar-refractivity contribution in [3.63, 3.8) is 0 Å². The zero-order valence-corrected chi connectivity index (χ0v) is 12.0. The largest absolute Gasteiger partial charge is 0.377 e. The van der Waals surface area contributed by atoms with Gasteiger partial charge in [-0.3, -0.25) is 4.90 Å². The van der Waals surface area contributed by atoms with E-state index in [1.807, 2.05) is 0 Å². The van der Waals surface area contributed by atoms with Crippen LogP contribution in [-0.2, 0) is 17.8 Å². The van der Waals surface area contributed by atoms with Gasteiger partial charge in [-0.25, -0.2) is 0 Å². The lowest BCUT2D eigenvalue weighted by atomic mass is 10.1. The van der Waals surface area contributed by atoms with Crippen molar-refractivity contribution < 1.29 is 4.74 Å². The van der Waals surface area contributed by atoms with Crippen molar-refractivity contribution in [1.82, 2.24) is 4.90 Å². The Morgan fingerprint density at radius 1 is 1.26 bits per heavy atom. The molecule has 0 aliphatic carbocycles. The highest BCUT2D eigenvalue weighted by molar-refractivity contribution is 5.22. The van der Waals surface area contributed by atoms with E-state index in [0.29, 0.717) is 12.6 Å². The molecule has 0 bridgehead atoms. The summed E-state index contributed by atoms with van der Waals surface area (Å²) in [6.45, 7) is 6.96. The summed E-state index contributed by atoms with van der Waals surface area (Å²) < 4.78 is 5.88. The lowest BCUT2D eigenvalue weighted by Gasteiger charge is -2.32.